The molecular weight excluding hydrogens is 509 g/mol. The Balaban J connectivity index is 1.59. The summed E-state index contributed by atoms with van der Waals surface area (Å²) in [4.78, 5) is 45.1. The number of halogens is 3. The van der Waals surface area contributed by atoms with Crippen molar-refractivity contribution in [2.45, 2.75) is 70.3 Å². The number of para-hydroxylation sites is 1. The first-order chi connectivity index (χ1) is 18.6. The van der Waals surface area contributed by atoms with Gasteiger partial charge in [0.2, 0.25) is 18.0 Å². The molecule has 10 heteroatoms. The van der Waals surface area contributed by atoms with Crippen molar-refractivity contribution in [2.24, 2.45) is 10.9 Å². The number of carbonyl (C=O) groups is 3. The molecule has 1 unspecified atom stereocenters. The van der Waals surface area contributed by atoms with Gasteiger partial charge in [-0.1, -0.05) is 61.4 Å². The fourth-order valence-corrected chi connectivity index (χ4v) is 5.12. The van der Waals surface area contributed by atoms with Crippen molar-refractivity contribution in [2.75, 3.05) is 11.4 Å². The number of anilines is 1. The number of benzene rings is 2. The molecule has 39 heavy (non-hydrogen) atoms. The van der Waals surface area contributed by atoms with Crippen LogP contribution in [0.3, 0.4) is 0 Å². The molecule has 7 nitrogen and oxygen atoms in total. The molecule has 0 bridgehead atoms. The minimum Gasteiger partial charge on any atom is -0.345 e. The normalized spacial score (nSPS) is 18.7. The third kappa shape index (κ3) is 7.46. The van der Waals surface area contributed by atoms with Gasteiger partial charge in [-0.15, -0.1) is 0 Å². The minimum absolute atomic E-state index is 0.201. The lowest BCUT2D eigenvalue weighted by molar-refractivity contribution is -0.135. The molecule has 2 aromatic rings. The standard InChI is InChI=1S/C29H33F3N4O3/c1-19(33-24(37)18-20-10-5-6-11-20)27(38)35-26-28(39)36(17-9-16-29(30,31)32)23-15-8-7-14-22(23)25(34-26)21-12-3-2-4-13-21/h2-4,7-8,12-15,19-20,26H,5-6,9-11,16-18H2,1H3,(H,33,37)(H,35,38)/t19-,26?/m0/s1. The van der Waals surface area contributed by atoms with Crippen molar-refractivity contribution >= 4 is 29.1 Å². The van der Waals surface area contributed by atoms with Crippen molar-refractivity contribution in [3.8, 4) is 0 Å². The summed E-state index contributed by atoms with van der Waals surface area (Å²) in [7, 11) is 0. The van der Waals surface area contributed by atoms with E-state index in [9.17, 15) is 27.6 Å². The number of hydrogen-bond acceptors (Lipinski definition) is 4. The Hall–Kier alpha value is -3.69. The highest BCUT2D eigenvalue weighted by Crippen LogP contribution is 2.30. The molecular formula is C29H33F3N4O3. The first kappa shape index (κ1) is 28.3. The van der Waals surface area contributed by atoms with Crippen molar-refractivity contribution in [3.63, 3.8) is 0 Å². The van der Waals surface area contributed by atoms with E-state index in [2.05, 4.69) is 15.6 Å². The average Bonchev–Trinajstić information content (AvgIpc) is 3.37. The molecule has 1 saturated carbocycles. The van der Waals surface area contributed by atoms with Crippen LogP contribution in [0.4, 0.5) is 18.9 Å². The predicted octanol–water partition coefficient (Wildman–Crippen LogP) is 4.74. The van der Waals surface area contributed by atoms with Gasteiger partial charge in [-0.2, -0.15) is 13.2 Å². The van der Waals surface area contributed by atoms with Crippen LogP contribution >= 0.6 is 0 Å². The van der Waals surface area contributed by atoms with E-state index in [1.165, 1.54) is 11.8 Å². The summed E-state index contributed by atoms with van der Waals surface area (Å²) in [6.45, 7) is 1.33. The van der Waals surface area contributed by atoms with Crippen LogP contribution in [-0.4, -0.2) is 48.4 Å². The molecule has 0 spiro atoms. The lowest BCUT2D eigenvalue weighted by Crippen LogP contribution is -2.53. The molecule has 0 aromatic heterocycles. The van der Waals surface area contributed by atoms with Crippen LogP contribution in [0, 0.1) is 5.92 Å². The summed E-state index contributed by atoms with van der Waals surface area (Å²) >= 11 is 0. The van der Waals surface area contributed by atoms with E-state index in [4.69, 9.17) is 0 Å². The number of carbonyl (C=O) groups excluding carboxylic acids is 3. The first-order valence-corrected chi connectivity index (χ1v) is 13.3. The van der Waals surface area contributed by atoms with Crippen molar-refractivity contribution < 1.29 is 27.6 Å². The van der Waals surface area contributed by atoms with Gasteiger partial charge in [0.15, 0.2) is 0 Å². The fraction of sp³-hybridized carbons (Fsp3) is 0.448. The van der Waals surface area contributed by atoms with Crippen molar-refractivity contribution in [1.82, 2.24) is 10.6 Å². The molecule has 2 atom stereocenters. The molecule has 1 fully saturated rings. The van der Waals surface area contributed by atoms with E-state index in [0.29, 0.717) is 34.9 Å². The smallest absolute Gasteiger partial charge is 0.345 e. The largest absolute Gasteiger partial charge is 0.389 e. The van der Waals surface area contributed by atoms with Crippen LogP contribution in [0.2, 0.25) is 0 Å². The van der Waals surface area contributed by atoms with Crippen LogP contribution in [0.25, 0.3) is 0 Å². The number of hydrogen-bond donors (Lipinski definition) is 2. The maximum absolute atomic E-state index is 13.7. The zero-order valence-corrected chi connectivity index (χ0v) is 21.8. The highest BCUT2D eigenvalue weighted by atomic mass is 19.4. The number of rotatable bonds is 9. The Bertz CT molecular complexity index is 1210. The molecule has 0 radical (unpaired) electrons. The number of benzodiazepines with no additional fused rings is 1. The van der Waals surface area contributed by atoms with Crippen LogP contribution in [-0.2, 0) is 14.4 Å². The van der Waals surface area contributed by atoms with Gasteiger partial charge in [0.1, 0.15) is 6.04 Å². The van der Waals surface area contributed by atoms with Crippen LogP contribution in [0.5, 0.6) is 0 Å². The van der Waals surface area contributed by atoms with Gasteiger partial charge in [0, 0.05) is 30.5 Å². The number of nitrogens with zero attached hydrogens (tertiary/aromatic N) is 2. The van der Waals surface area contributed by atoms with Crippen LogP contribution in [0.15, 0.2) is 59.6 Å². The summed E-state index contributed by atoms with van der Waals surface area (Å²) in [6, 6.07) is 15.0. The Labute approximate surface area is 225 Å². The van der Waals surface area contributed by atoms with Gasteiger partial charge in [-0.3, -0.25) is 14.4 Å². The molecule has 1 aliphatic carbocycles. The Kier molecular flexibility index (Phi) is 9.04. The predicted molar refractivity (Wildman–Crippen MR) is 142 cm³/mol. The molecule has 1 heterocycles. The minimum atomic E-state index is -4.36. The lowest BCUT2D eigenvalue weighted by atomic mass is 10.00. The quantitative estimate of drug-likeness (QED) is 0.480. The van der Waals surface area contributed by atoms with Crippen molar-refractivity contribution in [1.29, 1.82) is 0 Å². The first-order valence-electron chi connectivity index (χ1n) is 13.3. The summed E-state index contributed by atoms with van der Waals surface area (Å²) in [5, 5.41) is 5.32. The zero-order valence-electron chi connectivity index (χ0n) is 21.8. The van der Waals surface area contributed by atoms with Gasteiger partial charge in [-0.05, 0) is 38.2 Å². The summed E-state index contributed by atoms with van der Waals surface area (Å²) in [5.74, 6) is -1.17. The second-order valence-corrected chi connectivity index (χ2v) is 10.1. The maximum atomic E-state index is 13.7. The second kappa shape index (κ2) is 12.4. The van der Waals surface area contributed by atoms with Crippen LogP contribution < -0.4 is 15.5 Å². The SMILES string of the molecule is C[C@H](NC(=O)CC1CCCC1)C(=O)NC1N=C(c2ccccc2)c2ccccc2N(CCCC(F)(F)F)C1=O. The number of fused-ring (bicyclic) bond motifs is 1. The molecule has 208 valence electrons. The number of alkyl halides is 3. The van der Waals surface area contributed by atoms with E-state index in [-0.39, 0.29) is 18.9 Å². The zero-order chi connectivity index (χ0) is 28.0. The van der Waals surface area contributed by atoms with Gasteiger partial charge in [0.05, 0.1) is 11.4 Å². The van der Waals surface area contributed by atoms with Gasteiger partial charge < -0.3 is 15.5 Å². The number of nitrogens with one attached hydrogen (secondary N) is 2. The monoisotopic (exact) mass is 542 g/mol. The lowest BCUT2D eigenvalue weighted by Gasteiger charge is -2.26. The highest BCUT2D eigenvalue weighted by Gasteiger charge is 2.35. The molecule has 4 rings (SSSR count). The number of amides is 3. The molecule has 1 aliphatic heterocycles. The Morgan fingerprint density at radius 2 is 1.72 bits per heavy atom. The maximum Gasteiger partial charge on any atom is 0.389 e. The topological polar surface area (TPSA) is 90.9 Å². The van der Waals surface area contributed by atoms with Crippen LogP contribution in [0.1, 0.15) is 63.0 Å². The molecule has 0 saturated heterocycles. The Morgan fingerprint density at radius 1 is 1.05 bits per heavy atom. The van der Waals surface area contributed by atoms with E-state index < -0.39 is 36.6 Å². The average molecular weight is 543 g/mol. The van der Waals surface area contributed by atoms with E-state index in [1.54, 1.807) is 24.3 Å². The molecule has 2 aliphatic rings. The molecule has 3 amide bonds. The number of aliphatic imine (C=N–C) groups is 1. The van der Waals surface area contributed by atoms with E-state index >= 15 is 0 Å². The second-order valence-electron chi connectivity index (χ2n) is 10.1. The third-order valence-electron chi connectivity index (χ3n) is 7.10. The van der Waals surface area contributed by atoms with Gasteiger partial charge in [-0.25, -0.2) is 4.99 Å². The van der Waals surface area contributed by atoms with Gasteiger partial charge >= 0.3 is 6.18 Å². The molecule has 2 aromatic carbocycles. The molecule has 2 N–H and O–H groups in total. The summed E-state index contributed by atoms with van der Waals surface area (Å²) in [6.07, 6.45) is -2.58. The van der Waals surface area contributed by atoms with Gasteiger partial charge in [0.25, 0.3) is 5.91 Å². The highest BCUT2D eigenvalue weighted by molar-refractivity contribution is 6.20. The summed E-state index contributed by atoms with van der Waals surface area (Å²) < 4.78 is 38.8. The van der Waals surface area contributed by atoms with Crippen molar-refractivity contribution in [3.05, 3.63) is 65.7 Å². The van der Waals surface area contributed by atoms with E-state index in [0.717, 1.165) is 25.7 Å². The Morgan fingerprint density at radius 3 is 2.41 bits per heavy atom. The third-order valence-corrected chi connectivity index (χ3v) is 7.10. The summed E-state index contributed by atoms with van der Waals surface area (Å²) in [5.41, 5.74) is 2.11. The van der Waals surface area contributed by atoms with E-state index in [1.807, 2.05) is 30.3 Å². The fourth-order valence-electron chi connectivity index (χ4n) is 5.12.